The molecule has 3 saturated heterocycles. The van der Waals surface area contributed by atoms with Crippen LogP contribution >= 0.6 is 0 Å². The number of aliphatic hydroxyl groups is 5. The summed E-state index contributed by atoms with van der Waals surface area (Å²) >= 11 is 0. The molecule has 0 radical (unpaired) electrons. The third-order valence-electron chi connectivity index (χ3n) is 13.2. The lowest BCUT2D eigenvalue weighted by atomic mass is 9.75. The SMILES string of the molecule is CCCNC[C@]1(O)C(C)OC(OC2C(C)C(=O)OC3C(C)[C@]3(O)[C@H](O)[C@@H](C)NCCC[C@](C)(O)[C@H](OC3OC(C)CC(N(C)C)[C@H]3O)C2C)C[C@@]1(C)OC. The molecule has 0 aromatic heterocycles. The van der Waals surface area contributed by atoms with Gasteiger partial charge in [0.05, 0.1) is 35.9 Å². The van der Waals surface area contributed by atoms with E-state index in [1.807, 2.05) is 46.7 Å². The highest BCUT2D eigenvalue weighted by Gasteiger charge is 2.69. The highest BCUT2D eigenvalue weighted by atomic mass is 16.7. The lowest BCUT2D eigenvalue weighted by Gasteiger charge is -2.53. The van der Waals surface area contributed by atoms with Crippen LogP contribution in [-0.4, -0.2) is 167 Å². The zero-order chi connectivity index (χ0) is 40.6. The highest BCUT2D eigenvalue weighted by Crippen LogP contribution is 2.50. The third kappa shape index (κ3) is 9.14. The van der Waals surface area contributed by atoms with Crippen LogP contribution in [0.3, 0.4) is 0 Å². The van der Waals surface area contributed by atoms with Gasteiger partial charge in [-0.25, -0.2) is 0 Å². The van der Waals surface area contributed by atoms with Crippen molar-refractivity contribution >= 4 is 5.97 Å². The summed E-state index contributed by atoms with van der Waals surface area (Å²) in [7, 11) is 5.30. The molecule has 0 spiro atoms. The number of carbonyl (C=O) groups is 1. The minimum Gasteiger partial charge on any atom is -0.458 e. The maximum Gasteiger partial charge on any atom is 0.311 e. The van der Waals surface area contributed by atoms with Crippen molar-refractivity contribution in [3.63, 3.8) is 0 Å². The third-order valence-corrected chi connectivity index (χ3v) is 13.2. The fourth-order valence-electron chi connectivity index (χ4n) is 9.08. The predicted octanol–water partition coefficient (Wildman–Crippen LogP) is 0.902. The molecule has 18 atom stereocenters. The Balaban J connectivity index is 1.74. The largest absolute Gasteiger partial charge is 0.458 e. The van der Waals surface area contributed by atoms with Gasteiger partial charge in [-0.1, -0.05) is 20.8 Å². The summed E-state index contributed by atoms with van der Waals surface area (Å²) in [6.45, 7) is 17.5. The van der Waals surface area contributed by atoms with E-state index in [0.717, 1.165) is 6.42 Å². The molecule has 54 heavy (non-hydrogen) atoms. The van der Waals surface area contributed by atoms with Crippen molar-refractivity contribution in [2.24, 2.45) is 17.8 Å². The maximum atomic E-state index is 14.1. The molecular weight excluding hydrogens is 702 g/mol. The van der Waals surface area contributed by atoms with Crippen LogP contribution in [0.25, 0.3) is 0 Å². The molecule has 0 bridgehead atoms. The van der Waals surface area contributed by atoms with Gasteiger partial charge in [-0.3, -0.25) is 4.79 Å². The second-order valence-corrected chi connectivity index (χ2v) is 17.5. The van der Waals surface area contributed by atoms with Crippen molar-refractivity contribution in [1.82, 2.24) is 15.5 Å². The standard InChI is InChI=1S/C39H73N3O12/c1-13-16-40-20-38(47)26(7)51-28(19-37(38,9)49-12)52-30-22(3)32(54-35-29(43)27(42(10)11)18-21(2)50-35)36(8,46)15-14-17-41-25(6)31(44)39(48)24(5)33(39)53-34(45)23(30)4/h21-33,35,40-41,43-44,46-48H,13-20H2,1-12H3/t21?,22?,23?,24?,25-,26?,27?,28?,29-,30?,31-,32-,33?,35?,36+,37-,38+,39+/m1/s1. The number of hydrogen-bond donors (Lipinski definition) is 7. The average Bonchev–Trinajstić information content (AvgIpc) is 3.63. The summed E-state index contributed by atoms with van der Waals surface area (Å²) in [5.74, 6) is -2.93. The molecule has 3 aliphatic heterocycles. The van der Waals surface area contributed by atoms with Gasteiger partial charge in [0, 0.05) is 44.0 Å². The smallest absolute Gasteiger partial charge is 0.311 e. The monoisotopic (exact) mass is 776 g/mol. The van der Waals surface area contributed by atoms with Gasteiger partial charge in [0.1, 0.15) is 35.1 Å². The first-order valence-corrected chi connectivity index (χ1v) is 20.1. The summed E-state index contributed by atoms with van der Waals surface area (Å²) in [6, 6.07) is -0.810. The highest BCUT2D eigenvalue weighted by molar-refractivity contribution is 5.73. The van der Waals surface area contributed by atoms with Crippen molar-refractivity contribution in [1.29, 1.82) is 0 Å². The molecule has 0 amide bonds. The molecule has 4 aliphatic rings. The molecule has 3 heterocycles. The zero-order valence-corrected chi connectivity index (χ0v) is 34.8. The van der Waals surface area contributed by atoms with E-state index in [0.29, 0.717) is 25.9 Å². The van der Waals surface area contributed by atoms with Gasteiger partial charge < -0.3 is 69.5 Å². The van der Waals surface area contributed by atoms with Crippen LogP contribution in [-0.2, 0) is 33.2 Å². The quantitative estimate of drug-likeness (QED) is 0.122. The number of methoxy groups -OCH3 is 1. The van der Waals surface area contributed by atoms with E-state index in [1.54, 1.807) is 34.6 Å². The van der Waals surface area contributed by atoms with Crippen LogP contribution in [0.4, 0.5) is 0 Å². The molecule has 4 rings (SSSR count). The molecule has 10 unspecified atom stereocenters. The van der Waals surface area contributed by atoms with Crippen molar-refractivity contribution in [3.05, 3.63) is 0 Å². The summed E-state index contributed by atoms with van der Waals surface area (Å²) in [5.41, 5.74) is -5.72. The van der Waals surface area contributed by atoms with Crippen molar-refractivity contribution in [3.8, 4) is 0 Å². The Labute approximate surface area is 322 Å². The second-order valence-electron chi connectivity index (χ2n) is 17.5. The van der Waals surface area contributed by atoms with E-state index < -0.39 is 101 Å². The summed E-state index contributed by atoms with van der Waals surface area (Å²) in [5, 5.41) is 65.0. The second kappa shape index (κ2) is 17.8. The van der Waals surface area contributed by atoms with Crippen LogP contribution in [0, 0.1) is 17.8 Å². The first-order valence-electron chi connectivity index (χ1n) is 20.1. The van der Waals surface area contributed by atoms with Crippen molar-refractivity contribution in [2.45, 2.75) is 184 Å². The van der Waals surface area contributed by atoms with E-state index in [-0.39, 0.29) is 31.5 Å². The Morgan fingerprint density at radius 1 is 1.02 bits per heavy atom. The fraction of sp³-hybridized carbons (Fsp3) is 0.974. The van der Waals surface area contributed by atoms with Gasteiger partial charge in [-0.05, 0) is 94.4 Å². The Hall–Kier alpha value is -1.05. The van der Waals surface area contributed by atoms with Gasteiger partial charge in [-0.15, -0.1) is 0 Å². The number of likely N-dealkylation sites (N-methyl/N-ethyl adjacent to an activating group) is 1. The van der Waals surface area contributed by atoms with Crippen molar-refractivity contribution in [2.75, 3.05) is 40.8 Å². The lowest BCUT2D eigenvalue weighted by Crippen LogP contribution is -2.70. The van der Waals surface area contributed by atoms with Crippen LogP contribution < -0.4 is 10.6 Å². The van der Waals surface area contributed by atoms with E-state index in [9.17, 15) is 30.3 Å². The van der Waals surface area contributed by atoms with Crippen LogP contribution in [0.2, 0.25) is 0 Å². The van der Waals surface area contributed by atoms with Gasteiger partial charge in [0.2, 0.25) is 0 Å². The molecule has 1 aliphatic carbocycles. The Bertz CT molecular complexity index is 1230. The normalized spacial score (nSPS) is 49.8. The summed E-state index contributed by atoms with van der Waals surface area (Å²) in [4.78, 5) is 16.1. The van der Waals surface area contributed by atoms with E-state index in [1.165, 1.54) is 7.11 Å². The van der Waals surface area contributed by atoms with Crippen LogP contribution in [0.1, 0.15) is 94.4 Å². The zero-order valence-electron chi connectivity index (χ0n) is 34.8. The van der Waals surface area contributed by atoms with E-state index in [2.05, 4.69) is 10.6 Å². The minimum atomic E-state index is -1.65. The molecule has 4 fully saturated rings. The number of rotatable bonds is 10. The van der Waals surface area contributed by atoms with E-state index in [4.69, 9.17) is 28.4 Å². The average molecular weight is 776 g/mol. The number of nitrogens with one attached hydrogen (secondary N) is 2. The Kier molecular flexibility index (Phi) is 15.1. The number of nitrogens with zero attached hydrogens (tertiary/aromatic N) is 1. The summed E-state index contributed by atoms with van der Waals surface area (Å²) < 4.78 is 38.0. The number of ether oxygens (including phenoxy) is 6. The molecule has 15 nitrogen and oxygen atoms in total. The van der Waals surface area contributed by atoms with E-state index >= 15 is 0 Å². The summed E-state index contributed by atoms with van der Waals surface area (Å²) in [6.07, 6.45) is -6.09. The fourth-order valence-corrected chi connectivity index (χ4v) is 9.08. The number of carbonyl (C=O) groups excluding carboxylic acids is 1. The predicted molar refractivity (Wildman–Crippen MR) is 200 cm³/mol. The van der Waals surface area contributed by atoms with Gasteiger partial charge in [0.25, 0.3) is 0 Å². The van der Waals surface area contributed by atoms with Crippen LogP contribution in [0.5, 0.6) is 0 Å². The number of fused-ring (bicyclic) bond motifs is 1. The first kappa shape index (κ1) is 45.6. The first-order chi connectivity index (χ1) is 25.1. The molecule has 0 aromatic rings. The lowest BCUT2D eigenvalue weighted by molar-refractivity contribution is -0.336. The number of aliphatic hydroxyl groups excluding tert-OH is 2. The Morgan fingerprint density at radius 2 is 1.69 bits per heavy atom. The molecule has 0 aromatic carbocycles. The van der Waals surface area contributed by atoms with Crippen LogP contribution in [0.15, 0.2) is 0 Å². The molecule has 1 saturated carbocycles. The Morgan fingerprint density at radius 3 is 2.30 bits per heavy atom. The molecule has 316 valence electrons. The maximum absolute atomic E-state index is 14.1. The van der Waals surface area contributed by atoms with Gasteiger partial charge in [0.15, 0.2) is 12.6 Å². The molecule has 15 heteroatoms. The molecular formula is C39H73N3O12. The topological polar surface area (TPSA) is 201 Å². The minimum absolute atomic E-state index is 0.104. The number of hydrogen-bond acceptors (Lipinski definition) is 15. The van der Waals surface area contributed by atoms with Gasteiger partial charge in [-0.2, -0.15) is 0 Å². The molecule has 7 N–H and O–H groups in total. The van der Waals surface area contributed by atoms with Crippen molar-refractivity contribution < 1.29 is 58.7 Å². The van der Waals surface area contributed by atoms with Gasteiger partial charge >= 0.3 is 5.97 Å². The number of esters is 1.